The third kappa shape index (κ3) is 7.17. The molecule has 0 unspecified atom stereocenters. The number of amides is 1. The molecule has 3 aromatic rings. The summed E-state index contributed by atoms with van der Waals surface area (Å²) < 4.78 is 37.0. The van der Waals surface area contributed by atoms with E-state index in [2.05, 4.69) is 5.32 Å². The lowest BCUT2D eigenvalue weighted by atomic mass is 10.0. The zero-order valence-electron chi connectivity index (χ0n) is 19.6. The first-order valence-electron chi connectivity index (χ1n) is 11.1. The van der Waals surface area contributed by atoms with E-state index in [9.17, 15) is 33.3 Å². The molecule has 0 radical (unpaired) electrons. The van der Waals surface area contributed by atoms with Crippen LogP contribution in [0.25, 0.3) is 11.1 Å². The Hall–Kier alpha value is -4.67. The van der Waals surface area contributed by atoms with Crippen LogP contribution in [0.3, 0.4) is 0 Å². The van der Waals surface area contributed by atoms with Gasteiger partial charge in [0.25, 0.3) is 11.6 Å². The highest BCUT2D eigenvalue weighted by molar-refractivity contribution is 6.01. The van der Waals surface area contributed by atoms with Gasteiger partial charge in [0.15, 0.2) is 11.6 Å². The molecule has 0 heterocycles. The summed E-state index contributed by atoms with van der Waals surface area (Å²) in [5, 5.41) is 14.0. The Bertz CT molecular complexity index is 1320. The molecule has 0 aliphatic rings. The standard InChI is InChI=1S/C26H22F2N2O7/c1-2-36-24(31)14-22(26(33)37-15-16-6-4-3-5-7-16)29-25(32)19-10-8-18(13-23(19)30(34)35)17-9-11-20(27)21(28)12-17/h3-13,22H,2,14-15H2,1H3,(H,29,32)/t22-/m0/s1. The van der Waals surface area contributed by atoms with E-state index in [4.69, 9.17) is 9.47 Å². The fraction of sp³-hybridized carbons (Fsp3) is 0.192. The van der Waals surface area contributed by atoms with Crippen LogP contribution < -0.4 is 5.32 Å². The second kappa shape index (κ2) is 12.3. The molecule has 0 saturated heterocycles. The summed E-state index contributed by atoms with van der Waals surface area (Å²) >= 11 is 0. The van der Waals surface area contributed by atoms with Crippen molar-refractivity contribution in [2.24, 2.45) is 0 Å². The third-order valence-electron chi connectivity index (χ3n) is 5.18. The topological polar surface area (TPSA) is 125 Å². The van der Waals surface area contributed by atoms with E-state index in [0.717, 1.165) is 24.3 Å². The Balaban J connectivity index is 1.84. The molecule has 192 valence electrons. The van der Waals surface area contributed by atoms with Gasteiger partial charge in [0.1, 0.15) is 18.2 Å². The molecule has 0 aliphatic heterocycles. The molecule has 1 amide bonds. The number of ether oxygens (including phenoxy) is 2. The molecule has 11 heteroatoms. The Morgan fingerprint density at radius 3 is 2.27 bits per heavy atom. The van der Waals surface area contributed by atoms with Crippen LogP contribution in [-0.4, -0.2) is 35.4 Å². The fourth-order valence-corrected chi connectivity index (χ4v) is 3.38. The van der Waals surface area contributed by atoms with E-state index in [1.807, 2.05) is 0 Å². The highest BCUT2D eigenvalue weighted by atomic mass is 19.2. The Labute approximate surface area is 210 Å². The number of esters is 2. The average Bonchev–Trinajstić information content (AvgIpc) is 2.88. The van der Waals surface area contributed by atoms with Crippen molar-refractivity contribution in [2.75, 3.05) is 6.61 Å². The first-order valence-corrected chi connectivity index (χ1v) is 11.1. The van der Waals surface area contributed by atoms with E-state index in [-0.39, 0.29) is 24.3 Å². The van der Waals surface area contributed by atoms with Crippen LogP contribution in [0.1, 0.15) is 29.3 Å². The fourth-order valence-electron chi connectivity index (χ4n) is 3.38. The lowest BCUT2D eigenvalue weighted by molar-refractivity contribution is -0.385. The van der Waals surface area contributed by atoms with Gasteiger partial charge in [0, 0.05) is 6.07 Å². The number of carbonyl (C=O) groups excluding carboxylic acids is 3. The molecule has 1 atom stereocenters. The SMILES string of the molecule is CCOC(=O)C[C@H](NC(=O)c1ccc(-c2ccc(F)c(F)c2)cc1[N+](=O)[O-])C(=O)OCc1ccccc1. The van der Waals surface area contributed by atoms with Gasteiger partial charge in [-0.15, -0.1) is 0 Å². The Morgan fingerprint density at radius 1 is 0.946 bits per heavy atom. The van der Waals surface area contributed by atoms with Crippen molar-refractivity contribution in [3.05, 3.63) is 99.6 Å². The smallest absolute Gasteiger partial charge is 0.329 e. The van der Waals surface area contributed by atoms with Crippen LogP contribution in [0.2, 0.25) is 0 Å². The second-order valence-corrected chi connectivity index (χ2v) is 7.75. The van der Waals surface area contributed by atoms with Gasteiger partial charge in [-0.05, 0) is 41.8 Å². The largest absolute Gasteiger partial charge is 0.466 e. The summed E-state index contributed by atoms with van der Waals surface area (Å²) in [4.78, 5) is 48.6. The average molecular weight is 512 g/mol. The molecule has 0 aliphatic carbocycles. The lowest BCUT2D eigenvalue weighted by Gasteiger charge is -2.17. The molecule has 3 rings (SSSR count). The first-order chi connectivity index (χ1) is 17.7. The maximum absolute atomic E-state index is 13.6. The molecule has 3 aromatic carbocycles. The van der Waals surface area contributed by atoms with Crippen LogP contribution in [-0.2, 0) is 25.7 Å². The van der Waals surface area contributed by atoms with Crippen molar-refractivity contribution in [2.45, 2.75) is 26.0 Å². The van der Waals surface area contributed by atoms with Gasteiger partial charge in [-0.3, -0.25) is 19.7 Å². The first kappa shape index (κ1) is 26.9. The molecule has 9 nitrogen and oxygen atoms in total. The van der Waals surface area contributed by atoms with Gasteiger partial charge in [-0.2, -0.15) is 0 Å². The molecule has 0 spiro atoms. The summed E-state index contributed by atoms with van der Waals surface area (Å²) in [6.45, 7) is 1.48. The van der Waals surface area contributed by atoms with E-state index in [0.29, 0.717) is 5.56 Å². The molecule has 0 aromatic heterocycles. The van der Waals surface area contributed by atoms with Gasteiger partial charge in [0.2, 0.25) is 0 Å². The van der Waals surface area contributed by atoms with Crippen LogP contribution in [0.4, 0.5) is 14.5 Å². The maximum Gasteiger partial charge on any atom is 0.329 e. The summed E-state index contributed by atoms with van der Waals surface area (Å²) in [6.07, 6.45) is -0.562. The van der Waals surface area contributed by atoms with Crippen LogP contribution in [0.5, 0.6) is 0 Å². The second-order valence-electron chi connectivity index (χ2n) is 7.75. The Morgan fingerprint density at radius 2 is 1.62 bits per heavy atom. The van der Waals surface area contributed by atoms with E-state index < -0.39 is 58.1 Å². The van der Waals surface area contributed by atoms with Gasteiger partial charge in [0.05, 0.1) is 18.0 Å². The van der Waals surface area contributed by atoms with Crippen molar-refractivity contribution < 1.29 is 37.6 Å². The van der Waals surface area contributed by atoms with Gasteiger partial charge < -0.3 is 14.8 Å². The number of nitro benzene ring substituents is 1. The van der Waals surface area contributed by atoms with Crippen molar-refractivity contribution in [1.82, 2.24) is 5.32 Å². The molecule has 0 fully saturated rings. The van der Waals surface area contributed by atoms with Gasteiger partial charge in [-0.25, -0.2) is 13.6 Å². The van der Waals surface area contributed by atoms with Gasteiger partial charge in [-0.1, -0.05) is 42.5 Å². The van der Waals surface area contributed by atoms with E-state index in [1.165, 1.54) is 12.1 Å². The minimum atomic E-state index is -1.49. The monoisotopic (exact) mass is 512 g/mol. The van der Waals surface area contributed by atoms with Crippen LogP contribution in [0, 0.1) is 21.7 Å². The van der Waals surface area contributed by atoms with E-state index in [1.54, 1.807) is 37.3 Å². The molecular weight excluding hydrogens is 490 g/mol. The van der Waals surface area contributed by atoms with Crippen LogP contribution >= 0.6 is 0 Å². The van der Waals surface area contributed by atoms with Gasteiger partial charge >= 0.3 is 11.9 Å². The van der Waals surface area contributed by atoms with Crippen molar-refractivity contribution >= 4 is 23.5 Å². The number of benzene rings is 3. The number of nitrogens with one attached hydrogen (secondary N) is 1. The summed E-state index contributed by atoms with van der Waals surface area (Å²) in [7, 11) is 0. The summed E-state index contributed by atoms with van der Waals surface area (Å²) in [5.74, 6) is -4.97. The summed E-state index contributed by atoms with van der Waals surface area (Å²) in [5.41, 5.74) is -0.0834. The number of nitrogens with zero attached hydrogens (tertiary/aromatic N) is 1. The third-order valence-corrected chi connectivity index (χ3v) is 5.18. The number of halogens is 2. The Kier molecular flexibility index (Phi) is 8.98. The number of hydrogen-bond acceptors (Lipinski definition) is 7. The number of hydrogen-bond donors (Lipinski definition) is 1. The van der Waals surface area contributed by atoms with Crippen molar-refractivity contribution in [3.8, 4) is 11.1 Å². The molecule has 37 heavy (non-hydrogen) atoms. The number of carbonyl (C=O) groups is 3. The predicted octanol–water partition coefficient (Wildman–Crippen LogP) is 4.34. The number of rotatable bonds is 10. The van der Waals surface area contributed by atoms with Crippen molar-refractivity contribution in [1.29, 1.82) is 0 Å². The zero-order chi connectivity index (χ0) is 26.9. The maximum atomic E-state index is 13.6. The van der Waals surface area contributed by atoms with Crippen molar-refractivity contribution in [3.63, 3.8) is 0 Å². The van der Waals surface area contributed by atoms with E-state index >= 15 is 0 Å². The molecule has 1 N–H and O–H groups in total. The minimum Gasteiger partial charge on any atom is -0.466 e. The quantitative estimate of drug-likeness (QED) is 0.243. The molecule has 0 saturated carbocycles. The minimum absolute atomic E-state index is 0.0372. The normalized spacial score (nSPS) is 11.3. The summed E-state index contributed by atoms with van der Waals surface area (Å²) in [6, 6.07) is 13.6. The lowest BCUT2D eigenvalue weighted by Crippen LogP contribution is -2.43. The zero-order valence-corrected chi connectivity index (χ0v) is 19.6. The van der Waals surface area contributed by atoms with Crippen LogP contribution in [0.15, 0.2) is 66.7 Å². The molecular formula is C26H22F2N2O7. The highest BCUT2D eigenvalue weighted by Gasteiger charge is 2.29. The number of nitro groups is 1. The molecule has 0 bridgehead atoms. The highest BCUT2D eigenvalue weighted by Crippen LogP contribution is 2.28. The predicted molar refractivity (Wildman–Crippen MR) is 127 cm³/mol.